The molecule has 2 aromatic heterocycles. The predicted molar refractivity (Wildman–Crippen MR) is 97.3 cm³/mol. The minimum atomic E-state index is 0.00373. The highest BCUT2D eigenvalue weighted by Gasteiger charge is 2.10. The van der Waals surface area contributed by atoms with Gasteiger partial charge in [-0.2, -0.15) is 10.1 Å². The summed E-state index contributed by atoms with van der Waals surface area (Å²) in [5, 5.41) is 8.33. The lowest BCUT2D eigenvalue weighted by molar-refractivity contribution is 0.844. The molecule has 0 radical (unpaired) electrons. The number of para-hydroxylation sites is 1. The first kappa shape index (κ1) is 15.1. The van der Waals surface area contributed by atoms with Gasteiger partial charge in [0.15, 0.2) is 0 Å². The van der Waals surface area contributed by atoms with Crippen LogP contribution in [0.3, 0.4) is 0 Å². The van der Waals surface area contributed by atoms with Crippen molar-refractivity contribution in [1.29, 1.82) is 0 Å². The maximum atomic E-state index is 6.05. The van der Waals surface area contributed by atoms with E-state index in [0.29, 0.717) is 11.8 Å². The highest BCUT2D eigenvalue weighted by molar-refractivity contribution is 5.88. The predicted octanol–water partition coefficient (Wildman–Crippen LogP) is 2.97. The molecule has 0 spiro atoms. The smallest absolute Gasteiger partial charge is 0.225 e. The van der Waals surface area contributed by atoms with E-state index in [9.17, 15) is 0 Å². The monoisotopic (exact) mass is 331 g/mol. The average Bonchev–Trinajstić information content (AvgIpc) is 3.17. The molecule has 0 aliphatic carbocycles. The molecule has 1 atom stereocenters. The molecule has 0 aliphatic heterocycles. The fourth-order valence-corrected chi connectivity index (χ4v) is 2.72. The summed E-state index contributed by atoms with van der Waals surface area (Å²) in [7, 11) is 0. The van der Waals surface area contributed by atoms with Gasteiger partial charge in [-0.3, -0.25) is 0 Å². The second-order valence-corrected chi connectivity index (χ2v) is 5.75. The summed E-state index contributed by atoms with van der Waals surface area (Å²) in [6.07, 6.45) is 3.18. The summed E-state index contributed by atoms with van der Waals surface area (Å²) >= 11 is 0. The van der Waals surface area contributed by atoms with Crippen molar-refractivity contribution in [2.24, 2.45) is 0 Å². The molecule has 0 aliphatic rings. The number of benzene rings is 2. The van der Waals surface area contributed by atoms with Gasteiger partial charge < -0.3 is 11.1 Å². The second kappa shape index (κ2) is 6.20. The van der Waals surface area contributed by atoms with Crippen molar-refractivity contribution in [1.82, 2.24) is 24.7 Å². The third-order valence-electron chi connectivity index (χ3n) is 4.03. The summed E-state index contributed by atoms with van der Waals surface area (Å²) in [6, 6.07) is 15.8. The van der Waals surface area contributed by atoms with Crippen molar-refractivity contribution in [2.75, 3.05) is 11.1 Å². The number of anilines is 2. The summed E-state index contributed by atoms with van der Waals surface area (Å²) < 4.78 is 1.72. The van der Waals surface area contributed by atoms with Gasteiger partial charge in [-0.05, 0) is 36.8 Å². The van der Waals surface area contributed by atoms with Crippen LogP contribution < -0.4 is 11.1 Å². The number of nitrogens with one attached hydrogen (secondary N) is 1. The summed E-state index contributed by atoms with van der Waals surface area (Å²) in [5.74, 6) is 0.978. The van der Waals surface area contributed by atoms with Crippen LogP contribution in [0.4, 0.5) is 11.8 Å². The quantitative estimate of drug-likeness (QED) is 0.597. The van der Waals surface area contributed by atoms with E-state index in [4.69, 9.17) is 5.73 Å². The summed E-state index contributed by atoms with van der Waals surface area (Å²) in [5.41, 5.74) is 8.90. The molecule has 7 nitrogen and oxygen atoms in total. The number of hydrogen-bond donors (Lipinski definition) is 2. The second-order valence-electron chi connectivity index (χ2n) is 5.75. The number of aromatic nitrogens is 5. The molecule has 0 fully saturated rings. The maximum Gasteiger partial charge on any atom is 0.225 e. The zero-order valence-corrected chi connectivity index (χ0v) is 13.7. The molecule has 0 unspecified atom stereocenters. The Labute approximate surface area is 144 Å². The van der Waals surface area contributed by atoms with Crippen LogP contribution in [0.2, 0.25) is 0 Å². The molecule has 25 heavy (non-hydrogen) atoms. The third-order valence-corrected chi connectivity index (χ3v) is 4.03. The van der Waals surface area contributed by atoms with Crippen LogP contribution in [-0.4, -0.2) is 24.7 Å². The number of nitrogen functional groups attached to an aromatic ring is 1. The Hall–Kier alpha value is -3.48. The van der Waals surface area contributed by atoms with Gasteiger partial charge in [0.05, 0.1) is 17.2 Å². The lowest BCUT2D eigenvalue weighted by Gasteiger charge is -2.16. The Bertz CT molecular complexity index is 1010. The first-order chi connectivity index (χ1) is 12.2. The minimum Gasteiger partial charge on any atom is -0.383 e. The summed E-state index contributed by atoms with van der Waals surface area (Å²) in [4.78, 5) is 12.9. The molecular formula is C18H17N7. The van der Waals surface area contributed by atoms with Crippen molar-refractivity contribution < 1.29 is 0 Å². The SMILES string of the molecule is C[C@@H](Nc1nc(N)c2ccccc2n1)c1cccc(-n2cncn2)c1. The van der Waals surface area contributed by atoms with E-state index >= 15 is 0 Å². The van der Waals surface area contributed by atoms with Gasteiger partial charge in [-0.15, -0.1) is 0 Å². The summed E-state index contributed by atoms with van der Waals surface area (Å²) in [6.45, 7) is 2.05. The Balaban J connectivity index is 1.62. The van der Waals surface area contributed by atoms with Gasteiger partial charge in [0.25, 0.3) is 0 Å². The van der Waals surface area contributed by atoms with Crippen LogP contribution in [0.1, 0.15) is 18.5 Å². The fraction of sp³-hybridized carbons (Fsp3) is 0.111. The van der Waals surface area contributed by atoms with Crippen molar-refractivity contribution in [3.63, 3.8) is 0 Å². The van der Waals surface area contributed by atoms with E-state index in [0.717, 1.165) is 22.2 Å². The lowest BCUT2D eigenvalue weighted by atomic mass is 10.1. The van der Waals surface area contributed by atoms with E-state index in [1.807, 2.05) is 42.5 Å². The fourth-order valence-electron chi connectivity index (χ4n) is 2.72. The van der Waals surface area contributed by atoms with Crippen LogP contribution in [-0.2, 0) is 0 Å². The largest absolute Gasteiger partial charge is 0.383 e. The molecule has 2 aromatic carbocycles. The van der Waals surface area contributed by atoms with Gasteiger partial charge >= 0.3 is 0 Å². The molecule has 7 heteroatoms. The topological polar surface area (TPSA) is 94.5 Å². The Morgan fingerprint density at radius 1 is 1.08 bits per heavy atom. The molecule has 2 heterocycles. The molecule has 0 amide bonds. The molecular weight excluding hydrogens is 314 g/mol. The van der Waals surface area contributed by atoms with Gasteiger partial charge in [0, 0.05) is 5.39 Å². The normalized spacial score (nSPS) is 12.2. The van der Waals surface area contributed by atoms with E-state index in [-0.39, 0.29) is 6.04 Å². The average molecular weight is 331 g/mol. The van der Waals surface area contributed by atoms with Crippen LogP contribution in [0.25, 0.3) is 16.6 Å². The Morgan fingerprint density at radius 2 is 1.96 bits per heavy atom. The molecule has 0 saturated carbocycles. The zero-order valence-electron chi connectivity index (χ0n) is 13.7. The number of rotatable bonds is 4. The van der Waals surface area contributed by atoms with Crippen molar-refractivity contribution in [3.05, 3.63) is 66.7 Å². The standard InChI is InChI=1S/C18H17N7/c1-12(13-5-4-6-14(9-13)25-11-20-10-21-25)22-18-23-16-8-3-2-7-15(16)17(19)24-18/h2-12H,1H3,(H3,19,22,23,24)/t12-/m1/s1. The van der Waals surface area contributed by atoms with Gasteiger partial charge in [-0.1, -0.05) is 24.3 Å². The first-order valence-corrected chi connectivity index (χ1v) is 7.94. The van der Waals surface area contributed by atoms with E-state index in [2.05, 4.69) is 38.4 Å². The number of nitrogens with zero attached hydrogens (tertiary/aromatic N) is 5. The Morgan fingerprint density at radius 3 is 2.80 bits per heavy atom. The van der Waals surface area contributed by atoms with E-state index in [1.165, 1.54) is 6.33 Å². The molecule has 4 rings (SSSR count). The van der Waals surface area contributed by atoms with Crippen LogP contribution in [0, 0.1) is 0 Å². The lowest BCUT2D eigenvalue weighted by Crippen LogP contribution is -2.11. The van der Waals surface area contributed by atoms with Gasteiger partial charge in [0.2, 0.25) is 5.95 Å². The van der Waals surface area contributed by atoms with Gasteiger partial charge in [0.1, 0.15) is 18.5 Å². The van der Waals surface area contributed by atoms with E-state index in [1.54, 1.807) is 11.0 Å². The molecule has 124 valence electrons. The van der Waals surface area contributed by atoms with Crippen LogP contribution >= 0.6 is 0 Å². The van der Waals surface area contributed by atoms with E-state index < -0.39 is 0 Å². The number of hydrogen-bond acceptors (Lipinski definition) is 6. The van der Waals surface area contributed by atoms with Crippen molar-refractivity contribution in [2.45, 2.75) is 13.0 Å². The maximum absolute atomic E-state index is 6.05. The van der Waals surface area contributed by atoms with Gasteiger partial charge in [-0.25, -0.2) is 14.6 Å². The van der Waals surface area contributed by atoms with Crippen molar-refractivity contribution >= 4 is 22.7 Å². The third kappa shape index (κ3) is 2.99. The Kier molecular flexibility index (Phi) is 3.74. The number of fused-ring (bicyclic) bond motifs is 1. The highest BCUT2D eigenvalue weighted by Crippen LogP contribution is 2.23. The zero-order chi connectivity index (χ0) is 17.2. The van der Waals surface area contributed by atoms with Crippen LogP contribution in [0.5, 0.6) is 0 Å². The first-order valence-electron chi connectivity index (χ1n) is 7.94. The van der Waals surface area contributed by atoms with Crippen LogP contribution in [0.15, 0.2) is 61.2 Å². The number of nitrogens with two attached hydrogens (primary N) is 1. The van der Waals surface area contributed by atoms with Crippen molar-refractivity contribution in [3.8, 4) is 5.69 Å². The molecule has 0 saturated heterocycles. The molecule has 3 N–H and O–H groups in total. The molecule has 4 aromatic rings. The highest BCUT2D eigenvalue weighted by atomic mass is 15.3. The molecule has 0 bridgehead atoms. The minimum absolute atomic E-state index is 0.00373.